The number of halogens is 1. The van der Waals surface area contributed by atoms with E-state index < -0.39 is 0 Å². The molecule has 5 aromatic rings. The fourth-order valence-electron chi connectivity index (χ4n) is 4.57. The van der Waals surface area contributed by atoms with Crippen molar-refractivity contribution in [2.75, 3.05) is 19.5 Å². The zero-order chi connectivity index (χ0) is 28.8. The van der Waals surface area contributed by atoms with Crippen LogP contribution in [-0.4, -0.2) is 39.9 Å². The highest BCUT2D eigenvalue weighted by molar-refractivity contribution is 9.09. The maximum absolute atomic E-state index is 13.8. The van der Waals surface area contributed by atoms with Crippen LogP contribution in [0.2, 0.25) is 0 Å². The van der Waals surface area contributed by atoms with Crippen LogP contribution >= 0.6 is 15.9 Å². The normalized spacial score (nSPS) is 10.9. The Kier molecular flexibility index (Phi) is 8.74. The van der Waals surface area contributed by atoms with Crippen molar-refractivity contribution in [2.24, 2.45) is 0 Å². The number of hydrogen-bond acceptors (Lipinski definition) is 7. The number of pyridine rings is 1. The molecular formula is C32H28BrN3O5. The molecule has 8 nitrogen and oxygen atoms in total. The van der Waals surface area contributed by atoms with Crippen LogP contribution in [0, 0.1) is 0 Å². The van der Waals surface area contributed by atoms with Crippen LogP contribution in [0.25, 0.3) is 10.9 Å². The summed E-state index contributed by atoms with van der Waals surface area (Å²) in [4.78, 5) is 35.4. The van der Waals surface area contributed by atoms with Crippen LogP contribution in [0.15, 0.2) is 89.9 Å². The fraction of sp³-hybridized carbons (Fsp3) is 0.188. The standard InChI is InChI=1S/C32H28BrN3O5/c1-39-25-13-10-23(28(17-25)40-2)19-36-29(35-30-26(32(36)38)14-15-34-31(30)27(37)18-33)20-41-24-11-8-22(9-12-24)16-21-6-4-3-5-7-21/h3-15,17H,16,18-20H2,1-2H3. The van der Waals surface area contributed by atoms with Gasteiger partial charge in [0.05, 0.1) is 31.5 Å². The smallest absolute Gasteiger partial charge is 0.261 e. The quantitative estimate of drug-likeness (QED) is 0.141. The van der Waals surface area contributed by atoms with E-state index in [9.17, 15) is 9.59 Å². The summed E-state index contributed by atoms with van der Waals surface area (Å²) < 4.78 is 18.5. The largest absolute Gasteiger partial charge is 0.497 e. The number of Topliss-reactive ketones (excluding diaryl/α,β-unsaturated/α-hetero) is 1. The SMILES string of the molecule is COc1ccc(Cn2c(COc3ccc(Cc4ccccc4)cc3)nc3c(C(=O)CBr)nccc3c2=O)c(OC)c1. The molecule has 0 spiro atoms. The topological polar surface area (TPSA) is 92.5 Å². The predicted octanol–water partition coefficient (Wildman–Crippen LogP) is 5.60. The van der Waals surface area contributed by atoms with Gasteiger partial charge in [-0.2, -0.15) is 0 Å². The first kappa shape index (κ1) is 28.0. The van der Waals surface area contributed by atoms with E-state index in [0.717, 1.165) is 17.5 Å². The Labute approximate surface area is 245 Å². The summed E-state index contributed by atoms with van der Waals surface area (Å²) in [7, 11) is 3.14. The summed E-state index contributed by atoms with van der Waals surface area (Å²) in [5, 5.41) is 0.361. The zero-order valence-electron chi connectivity index (χ0n) is 22.7. The number of ketones is 1. The highest BCUT2D eigenvalue weighted by atomic mass is 79.9. The molecule has 0 fully saturated rings. The minimum atomic E-state index is -0.310. The third-order valence-corrected chi connectivity index (χ3v) is 7.21. The summed E-state index contributed by atoms with van der Waals surface area (Å²) in [5.41, 5.74) is 3.21. The van der Waals surface area contributed by atoms with E-state index in [2.05, 4.69) is 33.0 Å². The summed E-state index contributed by atoms with van der Waals surface area (Å²) in [6, 6.07) is 25.1. The van der Waals surface area contributed by atoms with Crippen LogP contribution in [0.1, 0.15) is 33.0 Å². The number of ether oxygens (including phenoxy) is 3. The molecule has 0 saturated carbocycles. The van der Waals surface area contributed by atoms with Crippen LogP contribution in [0.4, 0.5) is 0 Å². The van der Waals surface area contributed by atoms with Gasteiger partial charge in [-0.05, 0) is 47.9 Å². The first-order valence-corrected chi connectivity index (χ1v) is 14.1. The second kappa shape index (κ2) is 12.8. The van der Waals surface area contributed by atoms with Crippen LogP contribution in [0.3, 0.4) is 0 Å². The lowest BCUT2D eigenvalue weighted by Gasteiger charge is -2.17. The lowest BCUT2D eigenvalue weighted by Crippen LogP contribution is -2.28. The Morgan fingerprint density at radius 2 is 1.63 bits per heavy atom. The lowest BCUT2D eigenvalue weighted by atomic mass is 10.1. The van der Waals surface area contributed by atoms with Crippen molar-refractivity contribution in [1.82, 2.24) is 14.5 Å². The molecule has 41 heavy (non-hydrogen) atoms. The fourth-order valence-corrected chi connectivity index (χ4v) is 4.83. The van der Waals surface area contributed by atoms with Gasteiger partial charge in [-0.3, -0.25) is 19.1 Å². The molecule has 0 amide bonds. The molecule has 0 aliphatic rings. The molecule has 0 aliphatic heterocycles. The van der Waals surface area contributed by atoms with Gasteiger partial charge in [-0.15, -0.1) is 0 Å². The van der Waals surface area contributed by atoms with Gasteiger partial charge in [0.2, 0.25) is 0 Å². The lowest BCUT2D eigenvalue weighted by molar-refractivity contribution is 0.102. The Bertz CT molecular complexity index is 1740. The van der Waals surface area contributed by atoms with Crippen LogP contribution in [0.5, 0.6) is 17.2 Å². The molecule has 0 N–H and O–H groups in total. The number of fused-ring (bicyclic) bond motifs is 1. The highest BCUT2D eigenvalue weighted by Gasteiger charge is 2.19. The number of methoxy groups -OCH3 is 2. The molecular weight excluding hydrogens is 586 g/mol. The average molecular weight is 614 g/mol. The number of hydrogen-bond donors (Lipinski definition) is 0. The monoisotopic (exact) mass is 613 g/mol. The van der Waals surface area contributed by atoms with Crippen molar-refractivity contribution in [2.45, 2.75) is 19.6 Å². The van der Waals surface area contributed by atoms with Gasteiger partial charge in [-0.1, -0.05) is 58.4 Å². The Balaban J connectivity index is 1.50. The summed E-state index contributed by atoms with van der Waals surface area (Å²) in [6.45, 7) is 0.173. The molecule has 2 aromatic heterocycles. The van der Waals surface area contributed by atoms with E-state index in [-0.39, 0.29) is 41.0 Å². The van der Waals surface area contributed by atoms with Gasteiger partial charge in [0.25, 0.3) is 5.56 Å². The molecule has 0 aliphatic carbocycles. The van der Waals surface area contributed by atoms with E-state index in [1.165, 1.54) is 11.8 Å². The van der Waals surface area contributed by atoms with Crippen LogP contribution in [-0.2, 0) is 19.6 Å². The summed E-state index contributed by atoms with van der Waals surface area (Å²) in [5.74, 6) is 1.93. The van der Waals surface area contributed by atoms with Crippen molar-refractivity contribution in [3.05, 3.63) is 124 Å². The van der Waals surface area contributed by atoms with Crippen molar-refractivity contribution >= 4 is 32.6 Å². The van der Waals surface area contributed by atoms with Crippen molar-refractivity contribution in [3.63, 3.8) is 0 Å². The van der Waals surface area contributed by atoms with E-state index in [4.69, 9.17) is 19.2 Å². The van der Waals surface area contributed by atoms with Gasteiger partial charge in [0.15, 0.2) is 11.6 Å². The van der Waals surface area contributed by atoms with Gasteiger partial charge in [0, 0.05) is 17.8 Å². The average Bonchev–Trinajstić information content (AvgIpc) is 3.02. The number of aromatic nitrogens is 3. The minimum absolute atomic E-state index is 0.00147. The molecule has 208 valence electrons. The van der Waals surface area contributed by atoms with Crippen LogP contribution < -0.4 is 19.8 Å². The Morgan fingerprint density at radius 1 is 0.902 bits per heavy atom. The second-order valence-electron chi connectivity index (χ2n) is 9.30. The molecule has 3 aromatic carbocycles. The van der Waals surface area contributed by atoms with Gasteiger partial charge < -0.3 is 14.2 Å². The maximum atomic E-state index is 13.8. The third kappa shape index (κ3) is 6.30. The molecule has 0 saturated heterocycles. The maximum Gasteiger partial charge on any atom is 0.261 e. The van der Waals surface area contributed by atoms with Crippen molar-refractivity contribution in [3.8, 4) is 17.2 Å². The number of rotatable bonds is 11. The summed E-state index contributed by atoms with van der Waals surface area (Å²) >= 11 is 3.20. The molecule has 0 unspecified atom stereocenters. The second-order valence-corrected chi connectivity index (χ2v) is 9.87. The Hall–Kier alpha value is -4.50. The van der Waals surface area contributed by atoms with E-state index in [1.54, 1.807) is 37.0 Å². The number of alkyl halides is 1. The van der Waals surface area contributed by atoms with E-state index in [1.807, 2.05) is 48.5 Å². The Morgan fingerprint density at radius 3 is 2.34 bits per heavy atom. The summed E-state index contributed by atoms with van der Waals surface area (Å²) in [6.07, 6.45) is 2.26. The van der Waals surface area contributed by atoms with Gasteiger partial charge in [-0.25, -0.2) is 4.98 Å². The molecule has 0 radical (unpaired) electrons. The molecule has 5 rings (SSSR count). The molecule has 2 heterocycles. The number of benzene rings is 3. The van der Waals surface area contributed by atoms with E-state index >= 15 is 0 Å². The van der Waals surface area contributed by atoms with E-state index in [0.29, 0.717) is 28.5 Å². The molecule has 9 heteroatoms. The van der Waals surface area contributed by atoms with Crippen molar-refractivity contribution < 1.29 is 19.0 Å². The first-order chi connectivity index (χ1) is 20.0. The number of carbonyl (C=O) groups excluding carboxylic acids is 1. The first-order valence-electron chi connectivity index (χ1n) is 12.9. The molecule has 0 atom stereocenters. The van der Waals surface area contributed by atoms with Crippen molar-refractivity contribution in [1.29, 1.82) is 0 Å². The highest BCUT2D eigenvalue weighted by Crippen LogP contribution is 2.26. The number of nitrogens with zero attached hydrogens (tertiary/aromatic N) is 3. The zero-order valence-corrected chi connectivity index (χ0v) is 24.3. The van der Waals surface area contributed by atoms with Gasteiger partial charge >= 0.3 is 0 Å². The number of carbonyl (C=O) groups is 1. The predicted molar refractivity (Wildman–Crippen MR) is 161 cm³/mol. The minimum Gasteiger partial charge on any atom is -0.497 e. The van der Waals surface area contributed by atoms with Gasteiger partial charge in [0.1, 0.15) is 35.1 Å². The third-order valence-electron chi connectivity index (χ3n) is 6.70. The molecule has 0 bridgehead atoms.